The molecule has 2 heterocycles. The second kappa shape index (κ2) is 6.62. The number of carbonyl (C=O) groups is 1. The zero-order valence-corrected chi connectivity index (χ0v) is 12.7. The largest absolute Gasteiger partial charge is 0.381 e. The van der Waals surface area contributed by atoms with Crippen molar-refractivity contribution in [3.8, 4) is 0 Å². The van der Waals surface area contributed by atoms with Crippen molar-refractivity contribution in [1.82, 2.24) is 15.2 Å². The summed E-state index contributed by atoms with van der Waals surface area (Å²) in [7, 11) is 2.01. The number of nitrogens with one attached hydrogen (secondary N) is 2. The van der Waals surface area contributed by atoms with Crippen molar-refractivity contribution < 1.29 is 9.53 Å². The van der Waals surface area contributed by atoms with Crippen molar-refractivity contribution >= 4 is 5.91 Å². The molecule has 1 aliphatic heterocycles. The maximum absolute atomic E-state index is 12.1. The van der Waals surface area contributed by atoms with Crippen molar-refractivity contribution in [3.63, 3.8) is 0 Å². The molecule has 5 heteroatoms. The quantitative estimate of drug-likeness (QED) is 0.834. The molecule has 21 heavy (non-hydrogen) atoms. The lowest BCUT2D eigenvalue weighted by molar-refractivity contribution is -0.122. The molecule has 2 N–H and O–H groups in total. The topological polar surface area (TPSA) is 55.3 Å². The Bertz CT molecular complexity index is 476. The van der Waals surface area contributed by atoms with Crippen molar-refractivity contribution in [2.24, 2.45) is 5.92 Å². The second-order valence-corrected chi connectivity index (χ2v) is 6.18. The number of hydrogen-bond acceptors (Lipinski definition) is 3. The highest BCUT2D eigenvalue weighted by atomic mass is 16.5. The highest BCUT2D eigenvalue weighted by Gasteiger charge is 2.31. The number of ether oxygens (including phenoxy) is 1. The van der Waals surface area contributed by atoms with Gasteiger partial charge < -0.3 is 19.9 Å². The summed E-state index contributed by atoms with van der Waals surface area (Å²) < 4.78 is 7.29. The molecule has 116 valence electrons. The van der Waals surface area contributed by atoms with Crippen molar-refractivity contribution in [2.45, 2.75) is 44.3 Å². The van der Waals surface area contributed by atoms with Crippen LogP contribution >= 0.6 is 0 Å². The van der Waals surface area contributed by atoms with Gasteiger partial charge in [-0.3, -0.25) is 4.79 Å². The molecular formula is C16H25N3O2. The minimum Gasteiger partial charge on any atom is -0.381 e. The second-order valence-electron chi connectivity index (χ2n) is 6.18. The lowest BCUT2D eigenvalue weighted by Gasteiger charge is -2.23. The lowest BCUT2D eigenvalue weighted by Crippen LogP contribution is -2.40. The molecule has 3 rings (SSSR count). The van der Waals surface area contributed by atoms with Crippen LogP contribution in [0.5, 0.6) is 0 Å². The minimum atomic E-state index is 0.0940. The molecule has 1 aliphatic carbocycles. The molecular weight excluding hydrogens is 266 g/mol. The first-order chi connectivity index (χ1) is 10.3. The summed E-state index contributed by atoms with van der Waals surface area (Å²) in [6.45, 7) is 1.91. The third-order valence-electron chi connectivity index (χ3n) is 4.45. The number of carbonyl (C=O) groups excluding carboxylic acids is 1. The summed E-state index contributed by atoms with van der Waals surface area (Å²) in [6.07, 6.45) is 8.56. The Morgan fingerprint density at radius 3 is 2.81 bits per heavy atom. The Kier molecular flexibility index (Phi) is 4.60. The van der Waals surface area contributed by atoms with E-state index in [0.29, 0.717) is 12.6 Å². The third-order valence-corrected chi connectivity index (χ3v) is 4.45. The number of nitrogens with zero attached hydrogens (tertiary/aromatic N) is 1. The van der Waals surface area contributed by atoms with E-state index in [-0.39, 0.29) is 11.9 Å². The summed E-state index contributed by atoms with van der Waals surface area (Å²) in [5.74, 6) is 0.860. The first kappa shape index (κ1) is 14.6. The molecule has 2 aliphatic rings. The van der Waals surface area contributed by atoms with Crippen molar-refractivity contribution in [3.05, 3.63) is 24.0 Å². The molecule has 1 atom stereocenters. The van der Waals surface area contributed by atoms with Gasteiger partial charge in [-0.2, -0.15) is 0 Å². The van der Waals surface area contributed by atoms with E-state index >= 15 is 0 Å². The summed E-state index contributed by atoms with van der Waals surface area (Å²) >= 11 is 0. The fourth-order valence-electron chi connectivity index (χ4n) is 3.13. The van der Waals surface area contributed by atoms with Gasteiger partial charge in [0.1, 0.15) is 6.54 Å². The van der Waals surface area contributed by atoms with E-state index in [4.69, 9.17) is 4.74 Å². The van der Waals surface area contributed by atoms with Crippen LogP contribution in [0, 0.1) is 5.92 Å². The van der Waals surface area contributed by atoms with Gasteiger partial charge in [-0.1, -0.05) is 0 Å². The van der Waals surface area contributed by atoms with Crippen LogP contribution in [0.25, 0.3) is 0 Å². The zero-order chi connectivity index (χ0) is 14.7. The maximum atomic E-state index is 12.1. The van der Waals surface area contributed by atoms with Gasteiger partial charge in [0.2, 0.25) is 5.91 Å². The van der Waals surface area contributed by atoms with E-state index in [1.807, 2.05) is 17.8 Å². The predicted octanol–water partition coefficient (Wildman–Crippen LogP) is 1.45. The van der Waals surface area contributed by atoms with Gasteiger partial charge in [0.15, 0.2) is 0 Å². The molecule has 2 fully saturated rings. The van der Waals surface area contributed by atoms with E-state index in [1.165, 1.54) is 18.4 Å². The zero-order valence-electron chi connectivity index (χ0n) is 12.7. The first-order valence-corrected chi connectivity index (χ1v) is 7.96. The molecule has 0 radical (unpaired) electrons. The molecule has 1 amide bonds. The smallest absolute Gasteiger partial charge is 0.240 e. The lowest BCUT2D eigenvalue weighted by atomic mass is 10.1. The van der Waals surface area contributed by atoms with E-state index in [0.717, 1.165) is 32.0 Å². The molecule has 1 aromatic heterocycles. The Morgan fingerprint density at radius 2 is 2.14 bits per heavy atom. The molecule has 0 spiro atoms. The van der Waals surface area contributed by atoms with E-state index in [9.17, 15) is 4.79 Å². The van der Waals surface area contributed by atoms with Crippen LogP contribution in [0.2, 0.25) is 0 Å². The normalized spacial score (nSPS) is 21.2. The van der Waals surface area contributed by atoms with Gasteiger partial charge in [0.05, 0.1) is 0 Å². The molecule has 1 unspecified atom stereocenters. The minimum absolute atomic E-state index is 0.0940. The SMILES string of the molecule is CNC(c1ccn(CC(=O)NC2CCOCC2)c1)C1CC1. The van der Waals surface area contributed by atoms with Crippen LogP contribution in [0.15, 0.2) is 18.5 Å². The van der Waals surface area contributed by atoms with Crippen LogP contribution in [0.1, 0.15) is 37.3 Å². The summed E-state index contributed by atoms with van der Waals surface area (Å²) in [5.41, 5.74) is 1.29. The van der Waals surface area contributed by atoms with Crippen LogP contribution in [-0.4, -0.2) is 36.8 Å². The summed E-state index contributed by atoms with van der Waals surface area (Å²) in [4.78, 5) is 12.1. The number of rotatable bonds is 6. The van der Waals surface area contributed by atoms with Gasteiger partial charge in [-0.05, 0) is 50.3 Å². The monoisotopic (exact) mass is 291 g/mol. The van der Waals surface area contributed by atoms with Gasteiger partial charge in [0, 0.05) is 37.7 Å². The van der Waals surface area contributed by atoms with E-state index < -0.39 is 0 Å². The summed E-state index contributed by atoms with van der Waals surface area (Å²) in [6, 6.07) is 2.84. The van der Waals surface area contributed by atoms with Crippen LogP contribution in [0.3, 0.4) is 0 Å². The Balaban J connectivity index is 1.52. The van der Waals surface area contributed by atoms with Crippen LogP contribution in [0.4, 0.5) is 0 Å². The Labute approximate surface area is 126 Å². The third kappa shape index (κ3) is 3.86. The molecule has 0 aromatic carbocycles. The molecule has 1 saturated carbocycles. The van der Waals surface area contributed by atoms with Gasteiger partial charge >= 0.3 is 0 Å². The van der Waals surface area contributed by atoms with Crippen molar-refractivity contribution in [1.29, 1.82) is 0 Å². The number of aromatic nitrogens is 1. The Hall–Kier alpha value is -1.33. The fourth-order valence-corrected chi connectivity index (χ4v) is 3.13. The van der Waals surface area contributed by atoms with Crippen molar-refractivity contribution in [2.75, 3.05) is 20.3 Å². The molecule has 1 saturated heterocycles. The predicted molar refractivity (Wildman–Crippen MR) is 80.9 cm³/mol. The fraction of sp³-hybridized carbons (Fsp3) is 0.688. The van der Waals surface area contributed by atoms with Gasteiger partial charge in [0.25, 0.3) is 0 Å². The average molecular weight is 291 g/mol. The highest BCUT2D eigenvalue weighted by Crippen LogP contribution is 2.40. The van der Waals surface area contributed by atoms with Crippen LogP contribution in [-0.2, 0) is 16.1 Å². The molecule has 0 bridgehead atoms. The van der Waals surface area contributed by atoms with Crippen LogP contribution < -0.4 is 10.6 Å². The molecule has 5 nitrogen and oxygen atoms in total. The van der Waals surface area contributed by atoms with E-state index in [1.54, 1.807) is 0 Å². The highest BCUT2D eigenvalue weighted by molar-refractivity contribution is 5.76. The van der Waals surface area contributed by atoms with Gasteiger partial charge in [-0.15, -0.1) is 0 Å². The maximum Gasteiger partial charge on any atom is 0.240 e. The number of amides is 1. The molecule has 1 aromatic rings. The average Bonchev–Trinajstić information content (AvgIpc) is 3.21. The van der Waals surface area contributed by atoms with E-state index in [2.05, 4.69) is 22.9 Å². The first-order valence-electron chi connectivity index (χ1n) is 7.96. The number of hydrogen-bond donors (Lipinski definition) is 2. The standard InChI is InChI=1S/C16H25N3O2/c1-17-16(12-2-3-12)13-4-7-19(10-13)11-15(20)18-14-5-8-21-9-6-14/h4,7,10,12,14,16-17H,2-3,5-6,8-9,11H2,1H3,(H,18,20). The Morgan fingerprint density at radius 1 is 1.38 bits per heavy atom. The summed E-state index contributed by atoms with van der Waals surface area (Å²) in [5, 5.41) is 6.48. The van der Waals surface area contributed by atoms with Gasteiger partial charge in [-0.25, -0.2) is 0 Å².